The fourth-order valence-corrected chi connectivity index (χ4v) is 4.30. The Morgan fingerprint density at radius 2 is 1.92 bits per heavy atom. The number of benzene rings is 1. The first-order chi connectivity index (χ1) is 12.0. The molecule has 6 heteroatoms. The minimum absolute atomic E-state index is 0.00993. The van der Waals surface area contributed by atoms with E-state index in [0.717, 1.165) is 32.1 Å². The van der Waals surface area contributed by atoms with Gasteiger partial charge in [0, 0.05) is 22.4 Å². The van der Waals surface area contributed by atoms with Gasteiger partial charge in [0.1, 0.15) is 5.76 Å². The molecule has 0 bridgehead atoms. The number of hydrogen-bond donors (Lipinski definition) is 0. The second kappa shape index (κ2) is 7.38. The molecule has 134 valence electrons. The maximum Gasteiger partial charge on any atom is 0.513 e. The predicted octanol–water partition coefficient (Wildman–Crippen LogP) is 5.80. The molecule has 0 amide bonds. The number of Topliss-reactive ketones (excluding diaryl/α,β-unsaturated/α-hetero) is 1. The maximum atomic E-state index is 13.3. The summed E-state index contributed by atoms with van der Waals surface area (Å²) in [5.74, 6) is 0.366. The van der Waals surface area contributed by atoms with Crippen LogP contribution >= 0.6 is 23.2 Å². The second-order valence-electron chi connectivity index (χ2n) is 6.55. The molecule has 0 radical (unpaired) electrons. The van der Waals surface area contributed by atoms with E-state index in [1.165, 1.54) is 0 Å². The van der Waals surface area contributed by atoms with Gasteiger partial charge in [0.2, 0.25) is 0 Å². The Morgan fingerprint density at radius 1 is 1.20 bits per heavy atom. The van der Waals surface area contributed by atoms with Crippen LogP contribution in [0.4, 0.5) is 4.79 Å². The summed E-state index contributed by atoms with van der Waals surface area (Å²) >= 11 is 12.3. The van der Waals surface area contributed by atoms with Gasteiger partial charge in [0.15, 0.2) is 5.78 Å². The van der Waals surface area contributed by atoms with Crippen LogP contribution in [0.1, 0.15) is 51.0 Å². The van der Waals surface area contributed by atoms with E-state index >= 15 is 0 Å². The van der Waals surface area contributed by atoms with Crippen molar-refractivity contribution >= 4 is 40.7 Å². The summed E-state index contributed by atoms with van der Waals surface area (Å²) < 4.78 is 10.3. The highest BCUT2D eigenvalue weighted by Crippen LogP contribution is 2.52. The second-order valence-corrected chi connectivity index (χ2v) is 7.40. The lowest BCUT2D eigenvalue weighted by Crippen LogP contribution is -2.30. The molecule has 0 N–H and O–H groups in total. The van der Waals surface area contributed by atoms with Crippen molar-refractivity contribution < 1.29 is 19.1 Å². The standard InChI is InChI=1S/C19H20Cl2O4/c1-2-24-18(23)25-15-11-19(8-4-3-5-9-19)17(22)16(15)13-7-6-12(20)10-14(13)21/h6-7,10H,2-5,8-9,11H2,1H3. The van der Waals surface area contributed by atoms with E-state index in [0.29, 0.717) is 33.4 Å². The molecule has 1 aromatic rings. The lowest BCUT2D eigenvalue weighted by atomic mass is 9.70. The fraction of sp³-hybridized carbons (Fsp3) is 0.474. The summed E-state index contributed by atoms with van der Waals surface area (Å²) in [5.41, 5.74) is 0.452. The molecule has 0 atom stereocenters. The van der Waals surface area contributed by atoms with E-state index in [2.05, 4.69) is 0 Å². The zero-order valence-electron chi connectivity index (χ0n) is 14.1. The van der Waals surface area contributed by atoms with Crippen molar-refractivity contribution in [2.24, 2.45) is 5.41 Å². The molecule has 0 aliphatic heterocycles. The van der Waals surface area contributed by atoms with Gasteiger partial charge in [0.25, 0.3) is 0 Å². The van der Waals surface area contributed by atoms with Crippen LogP contribution in [-0.2, 0) is 14.3 Å². The third-order valence-electron chi connectivity index (χ3n) is 4.97. The van der Waals surface area contributed by atoms with Gasteiger partial charge in [-0.25, -0.2) is 4.79 Å². The minimum Gasteiger partial charge on any atom is -0.434 e. The Hall–Kier alpha value is -1.52. The molecule has 1 spiro atoms. The predicted molar refractivity (Wildman–Crippen MR) is 96.6 cm³/mol. The van der Waals surface area contributed by atoms with E-state index in [-0.39, 0.29) is 12.4 Å². The van der Waals surface area contributed by atoms with Crippen LogP contribution < -0.4 is 0 Å². The van der Waals surface area contributed by atoms with Gasteiger partial charge in [-0.2, -0.15) is 0 Å². The molecule has 0 heterocycles. The third-order valence-corrected chi connectivity index (χ3v) is 5.51. The molecular formula is C19H20Cl2O4. The number of allylic oxidation sites excluding steroid dienone is 2. The van der Waals surface area contributed by atoms with Crippen LogP contribution in [0.3, 0.4) is 0 Å². The fourth-order valence-electron chi connectivity index (χ4n) is 3.80. The number of ether oxygens (including phenoxy) is 2. The lowest BCUT2D eigenvalue weighted by molar-refractivity contribution is -0.123. The number of rotatable bonds is 3. The zero-order valence-corrected chi connectivity index (χ0v) is 15.6. The van der Waals surface area contributed by atoms with Crippen LogP contribution in [0.2, 0.25) is 10.0 Å². The Labute approximate surface area is 157 Å². The van der Waals surface area contributed by atoms with Crippen molar-refractivity contribution in [1.82, 2.24) is 0 Å². The Balaban J connectivity index is 2.02. The first kappa shape index (κ1) is 18.3. The first-order valence-electron chi connectivity index (χ1n) is 8.55. The number of hydrogen-bond acceptors (Lipinski definition) is 4. The van der Waals surface area contributed by atoms with Crippen molar-refractivity contribution in [1.29, 1.82) is 0 Å². The van der Waals surface area contributed by atoms with Gasteiger partial charge >= 0.3 is 6.16 Å². The van der Waals surface area contributed by atoms with E-state index in [1.54, 1.807) is 25.1 Å². The number of halogens is 2. The molecule has 3 rings (SSSR count). The first-order valence-corrected chi connectivity index (χ1v) is 9.30. The van der Waals surface area contributed by atoms with E-state index in [9.17, 15) is 9.59 Å². The molecule has 1 saturated carbocycles. The summed E-state index contributed by atoms with van der Waals surface area (Å²) in [6, 6.07) is 4.97. The van der Waals surface area contributed by atoms with Gasteiger partial charge in [-0.3, -0.25) is 4.79 Å². The van der Waals surface area contributed by atoms with Crippen molar-refractivity contribution in [3.63, 3.8) is 0 Å². The molecule has 1 fully saturated rings. The SMILES string of the molecule is CCOC(=O)OC1=C(c2ccc(Cl)cc2Cl)C(=O)C2(CCCCC2)C1. The summed E-state index contributed by atoms with van der Waals surface area (Å²) in [5, 5.41) is 0.855. The average Bonchev–Trinajstić information content (AvgIpc) is 2.81. The van der Waals surface area contributed by atoms with Crippen LogP contribution in [0.15, 0.2) is 24.0 Å². The third kappa shape index (κ3) is 3.56. The maximum absolute atomic E-state index is 13.3. The van der Waals surface area contributed by atoms with Crippen molar-refractivity contribution in [3.8, 4) is 0 Å². The van der Waals surface area contributed by atoms with Gasteiger partial charge in [-0.05, 0) is 31.9 Å². The number of ketones is 1. The average molecular weight is 383 g/mol. The van der Waals surface area contributed by atoms with Gasteiger partial charge in [-0.15, -0.1) is 0 Å². The zero-order chi connectivity index (χ0) is 18.0. The van der Waals surface area contributed by atoms with E-state index in [4.69, 9.17) is 32.7 Å². The minimum atomic E-state index is -0.791. The highest BCUT2D eigenvalue weighted by molar-refractivity contribution is 6.38. The number of carbonyl (C=O) groups is 2. The normalized spacial score (nSPS) is 19.4. The Kier molecular flexibility index (Phi) is 5.40. The summed E-state index contributed by atoms with van der Waals surface area (Å²) in [6.45, 7) is 1.91. The Bertz CT molecular complexity index is 733. The van der Waals surface area contributed by atoms with Crippen molar-refractivity contribution in [2.45, 2.75) is 45.4 Å². The molecule has 0 aromatic heterocycles. The summed E-state index contributed by atoms with van der Waals surface area (Å²) in [6.07, 6.45) is 4.35. The van der Waals surface area contributed by atoms with Gasteiger partial charge in [-0.1, -0.05) is 48.5 Å². The topological polar surface area (TPSA) is 52.6 Å². The molecule has 2 aliphatic rings. The van der Waals surface area contributed by atoms with Gasteiger partial charge in [0.05, 0.1) is 17.2 Å². The largest absolute Gasteiger partial charge is 0.513 e. The van der Waals surface area contributed by atoms with Crippen LogP contribution in [0.25, 0.3) is 5.57 Å². The van der Waals surface area contributed by atoms with E-state index < -0.39 is 11.6 Å². The van der Waals surface area contributed by atoms with Crippen LogP contribution in [-0.4, -0.2) is 18.5 Å². The number of carbonyl (C=O) groups excluding carboxylic acids is 2. The summed E-state index contributed by atoms with van der Waals surface area (Å²) in [7, 11) is 0. The smallest absolute Gasteiger partial charge is 0.434 e. The monoisotopic (exact) mass is 382 g/mol. The van der Waals surface area contributed by atoms with Crippen molar-refractivity contribution in [2.75, 3.05) is 6.61 Å². The highest BCUT2D eigenvalue weighted by Gasteiger charge is 2.49. The Morgan fingerprint density at radius 3 is 2.56 bits per heavy atom. The molecule has 4 nitrogen and oxygen atoms in total. The van der Waals surface area contributed by atoms with Crippen molar-refractivity contribution in [3.05, 3.63) is 39.6 Å². The molecular weight excluding hydrogens is 363 g/mol. The van der Waals surface area contributed by atoms with Crippen LogP contribution in [0, 0.1) is 5.41 Å². The quantitative estimate of drug-likeness (QED) is 0.619. The molecule has 2 aliphatic carbocycles. The molecule has 0 unspecified atom stereocenters. The highest BCUT2D eigenvalue weighted by atomic mass is 35.5. The molecule has 25 heavy (non-hydrogen) atoms. The van der Waals surface area contributed by atoms with Crippen LogP contribution in [0.5, 0.6) is 0 Å². The molecule has 1 aromatic carbocycles. The summed E-state index contributed by atoms with van der Waals surface area (Å²) in [4.78, 5) is 25.1. The lowest BCUT2D eigenvalue weighted by Gasteiger charge is -2.31. The van der Waals surface area contributed by atoms with E-state index in [1.807, 2.05) is 0 Å². The van der Waals surface area contributed by atoms with Gasteiger partial charge < -0.3 is 9.47 Å². The molecule has 0 saturated heterocycles.